The molecule has 1 aliphatic rings. The lowest BCUT2D eigenvalue weighted by molar-refractivity contribution is -0.124. The maximum atomic E-state index is 11.6. The summed E-state index contributed by atoms with van der Waals surface area (Å²) in [6.45, 7) is 3.41. The lowest BCUT2D eigenvalue weighted by Crippen LogP contribution is -2.48. The molecule has 0 aromatic carbocycles. The Labute approximate surface area is 95.0 Å². The van der Waals surface area contributed by atoms with Crippen LogP contribution in [0.3, 0.4) is 0 Å². The number of amides is 3. The van der Waals surface area contributed by atoms with E-state index in [9.17, 15) is 9.59 Å². The predicted molar refractivity (Wildman–Crippen MR) is 58.8 cm³/mol. The van der Waals surface area contributed by atoms with E-state index in [2.05, 4.69) is 10.6 Å². The van der Waals surface area contributed by atoms with Crippen LogP contribution < -0.4 is 10.6 Å². The van der Waals surface area contributed by atoms with Gasteiger partial charge in [-0.2, -0.15) is 0 Å². The fraction of sp³-hybridized carbons (Fsp3) is 0.800. The second kappa shape index (κ2) is 5.81. The van der Waals surface area contributed by atoms with Crippen LogP contribution in [-0.4, -0.2) is 54.7 Å². The fourth-order valence-electron chi connectivity index (χ4n) is 1.81. The Morgan fingerprint density at radius 2 is 2.25 bits per heavy atom. The average molecular weight is 229 g/mol. The van der Waals surface area contributed by atoms with E-state index in [-0.39, 0.29) is 24.5 Å². The highest BCUT2D eigenvalue weighted by Crippen LogP contribution is 2.17. The van der Waals surface area contributed by atoms with Gasteiger partial charge in [-0.05, 0) is 25.8 Å². The Bertz CT molecular complexity index is 270. The molecule has 0 bridgehead atoms. The number of carbonyl (C=O) groups is 2. The fourth-order valence-corrected chi connectivity index (χ4v) is 1.81. The monoisotopic (exact) mass is 229 g/mol. The molecule has 1 heterocycles. The molecule has 0 spiro atoms. The largest absolute Gasteiger partial charge is 0.396 e. The van der Waals surface area contributed by atoms with Crippen molar-refractivity contribution in [3.63, 3.8) is 0 Å². The van der Waals surface area contributed by atoms with Gasteiger partial charge in [0.15, 0.2) is 0 Å². The van der Waals surface area contributed by atoms with Gasteiger partial charge in [0.05, 0.1) is 6.04 Å². The van der Waals surface area contributed by atoms with Crippen molar-refractivity contribution in [1.29, 1.82) is 0 Å². The van der Waals surface area contributed by atoms with Gasteiger partial charge in [0.2, 0.25) is 5.91 Å². The zero-order valence-corrected chi connectivity index (χ0v) is 9.69. The molecule has 2 atom stereocenters. The third kappa shape index (κ3) is 3.18. The Kier molecular flexibility index (Phi) is 4.70. The van der Waals surface area contributed by atoms with E-state index >= 15 is 0 Å². The number of aliphatic hydroxyl groups is 1. The highest BCUT2D eigenvalue weighted by Gasteiger charge is 2.29. The maximum Gasteiger partial charge on any atom is 0.321 e. The molecule has 6 nitrogen and oxygen atoms in total. The molecule has 3 N–H and O–H groups in total. The van der Waals surface area contributed by atoms with Gasteiger partial charge < -0.3 is 10.4 Å². The van der Waals surface area contributed by atoms with E-state index in [1.54, 1.807) is 6.92 Å². The van der Waals surface area contributed by atoms with E-state index < -0.39 is 6.03 Å². The highest BCUT2D eigenvalue weighted by atomic mass is 16.3. The van der Waals surface area contributed by atoms with Gasteiger partial charge >= 0.3 is 6.03 Å². The standard InChI is InChI=1S/C10H19N3O3/c1-7(9(15)12-10(16)11-2)13-4-3-8(5-13)6-14/h7-8,14H,3-6H2,1-2H3,(H2,11,12,15,16). The minimum absolute atomic E-state index is 0.153. The summed E-state index contributed by atoms with van der Waals surface area (Å²) in [6, 6.07) is -0.830. The van der Waals surface area contributed by atoms with Crippen LogP contribution in [0.15, 0.2) is 0 Å². The second-order valence-corrected chi connectivity index (χ2v) is 4.08. The normalized spacial score (nSPS) is 22.8. The number of hydrogen-bond acceptors (Lipinski definition) is 4. The first-order valence-electron chi connectivity index (χ1n) is 5.46. The smallest absolute Gasteiger partial charge is 0.321 e. The number of likely N-dealkylation sites (tertiary alicyclic amines) is 1. The van der Waals surface area contributed by atoms with Crippen LogP contribution in [0.1, 0.15) is 13.3 Å². The number of imide groups is 1. The van der Waals surface area contributed by atoms with Crippen LogP contribution in [0, 0.1) is 5.92 Å². The summed E-state index contributed by atoms with van der Waals surface area (Å²) in [6.07, 6.45) is 0.897. The first-order valence-corrected chi connectivity index (χ1v) is 5.46. The van der Waals surface area contributed by atoms with Gasteiger partial charge in [0.25, 0.3) is 0 Å². The van der Waals surface area contributed by atoms with Crippen molar-refractivity contribution in [3.05, 3.63) is 0 Å². The van der Waals surface area contributed by atoms with Crippen LogP contribution >= 0.6 is 0 Å². The molecule has 1 rings (SSSR count). The third-order valence-corrected chi connectivity index (χ3v) is 2.97. The summed E-state index contributed by atoms with van der Waals surface area (Å²) >= 11 is 0. The lowest BCUT2D eigenvalue weighted by Gasteiger charge is -2.22. The first kappa shape index (κ1) is 12.9. The molecule has 1 saturated heterocycles. The number of nitrogens with one attached hydrogen (secondary N) is 2. The molecule has 0 aromatic rings. The number of aliphatic hydroxyl groups excluding tert-OH is 1. The van der Waals surface area contributed by atoms with Crippen molar-refractivity contribution < 1.29 is 14.7 Å². The van der Waals surface area contributed by atoms with E-state index in [0.717, 1.165) is 13.0 Å². The van der Waals surface area contributed by atoms with Gasteiger partial charge in [-0.25, -0.2) is 4.79 Å². The summed E-state index contributed by atoms with van der Waals surface area (Å²) in [7, 11) is 1.46. The first-order chi connectivity index (χ1) is 7.58. The molecule has 0 aromatic heterocycles. The summed E-state index contributed by atoms with van der Waals surface area (Å²) in [5, 5.41) is 13.6. The number of rotatable bonds is 3. The van der Waals surface area contributed by atoms with Crippen molar-refractivity contribution >= 4 is 11.9 Å². The Morgan fingerprint density at radius 3 is 2.75 bits per heavy atom. The molecular weight excluding hydrogens is 210 g/mol. The van der Waals surface area contributed by atoms with E-state index in [1.807, 2.05) is 4.90 Å². The SMILES string of the molecule is CNC(=O)NC(=O)C(C)N1CCC(CO)C1. The van der Waals surface area contributed by atoms with Gasteiger partial charge in [0, 0.05) is 20.2 Å². The zero-order chi connectivity index (χ0) is 12.1. The van der Waals surface area contributed by atoms with E-state index in [4.69, 9.17) is 5.11 Å². The zero-order valence-electron chi connectivity index (χ0n) is 9.69. The molecule has 1 aliphatic heterocycles. The predicted octanol–water partition coefficient (Wildman–Crippen LogP) is -0.855. The topological polar surface area (TPSA) is 81.7 Å². The van der Waals surface area contributed by atoms with Crippen LogP contribution in [0.5, 0.6) is 0 Å². The number of hydrogen-bond donors (Lipinski definition) is 3. The van der Waals surface area contributed by atoms with Crippen LogP contribution in [0.4, 0.5) is 4.79 Å². The molecule has 3 amide bonds. The third-order valence-electron chi connectivity index (χ3n) is 2.97. The quantitative estimate of drug-likeness (QED) is 0.588. The van der Waals surface area contributed by atoms with Crippen molar-refractivity contribution in [2.24, 2.45) is 5.92 Å². The van der Waals surface area contributed by atoms with Gasteiger partial charge in [-0.15, -0.1) is 0 Å². The van der Waals surface area contributed by atoms with Crippen molar-refractivity contribution in [3.8, 4) is 0 Å². The Balaban J connectivity index is 2.42. The second-order valence-electron chi connectivity index (χ2n) is 4.08. The maximum absolute atomic E-state index is 11.6. The summed E-state index contributed by atoms with van der Waals surface area (Å²) in [5.41, 5.74) is 0. The van der Waals surface area contributed by atoms with Crippen molar-refractivity contribution in [2.45, 2.75) is 19.4 Å². The summed E-state index contributed by atoms with van der Waals surface area (Å²) < 4.78 is 0. The molecule has 0 radical (unpaired) electrons. The number of carbonyl (C=O) groups excluding carboxylic acids is 2. The molecule has 0 saturated carbocycles. The molecular formula is C10H19N3O3. The van der Waals surface area contributed by atoms with E-state index in [1.165, 1.54) is 7.05 Å². The molecule has 92 valence electrons. The molecule has 6 heteroatoms. The van der Waals surface area contributed by atoms with Gasteiger partial charge in [0.1, 0.15) is 0 Å². The molecule has 0 aliphatic carbocycles. The van der Waals surface area contributed by atoms with Crippen LogP contribution in [0.2, 0.25) is 0 Å². The minimum Gasteiger partial charge on any atom is -0.396 e. The minimum atomic E-state index is -0.491. The van der Waals surface area contributed by atoms with Crippen LogP contribution in [0.25, 0.3) is 0 Å². The van der Waals surface area contributed by atoms with E-state index in [0.29, 0.717) is 6.54 Å². The lowest BCUT2D eigenvalue weighted by atomic mass is 10.1. The molecule has 1 fully saturated rings. The van der Waals surface area contributed by atoms with Crippen LogP contribution in [-0.2, 0) is 4.79 Å². The highest BCUT2D eigenvalue weighted by molar-refractivity contribution is 5.96. The van der Waals surface area contributed by atoms with Crippen molar-refractivity contribution in [1.82, 2.24) is 15.5 Å². The summed E-state index contributed by atoms with van der Waals surface area (Å²) in [4.78, 5) is 24.6. The molecule has 2 unspecified atom stereocenters. The van der Waals surface area contributed by atoms with Crippen molar-refractivity contribution in [2.75, 3.05) is 26.7 Å². The van der Waals surface area contributed by atoms with Gasteiger partial charge in [-0.1, -0.05) is 0 Å². The number of nitrogens with zero attached hydrogens (tertiary/aromatic N) is 1. The number of urea groups is 1. The molecule has 16 heavy (non-hydrogen) atoms. The Hall–Kier alpha value is -1.14. The van der Waals surface area contributed by atoms with Gasteiger partial charge in [-0.3, -0.25) is 15.0 Å². The summed E-state index contributed by atoms with van der Waals surface area (Å²) in [5.74, 6) is -0.0619. The Morgan fingerprint density at radius 1 is 1.56 bits per heavy atom. The average Bonchev–Trinajstić information content (AvgIpc) is 2.76.